The van der Waals surface area contributed by atoms with Crippen LogP contribution in [-0.2, 0) is 14.3 Å². The van der Waals surface area contributed by atoms with Crippen LogP contribution in [0.25, 0.3) is 0 Å². The highest BCUT2D eigenvalue weighted by Gasteiger charge is 2.17. The van der Waals surface area contributed by atoms with Gasteiger partial charge in [-0.25, -0.2) is 4.39 Å². The van der Waals surface area contributed by atoms with Gasteiger partial charge in [0, 0.05) is 4.90 Å². The molecule has 0 bridgehead atoms. The van der Waals surface area contributed by atoms with Crippen molar-refractivity contribution in [3.63, 3.8) is 0 Å². The Kier molecular flexibility index (Phi) is 6.63. The average Bonchev–Trinajstić information content (AvgIpc) is 2.56. The minimum Gasteiger partial charge on any atom is -0.455 e. The van der Waals surface area contributed by atoms with Crippen LogP contribution < -0.4 is 5.32 Å². The highest BCUT2D eigenvalue weighted by molar-refractivity contribution is 8.00. The molecule has 1 N–H and O–H groups in total. The van der Waals surface area contributed by atoms with Crippen molar-refractivity contribution in [1.82, 2.24) is 0 Å². The molecule has 24 heavy (non-hydrogen) atoms. The number of esters is 1. The third-order valence-electron chi connectivity index (χ3n) is 2.94. The van der Waals surface area contributed by atoms with E-state index in [4.69, 9.17) is 16.3 Å². The molecule has 2 aromatic carbocycles. The van der Waals surface area contributed by atoms with E-state index in [1.807, 2.05) is 30.3 Å². The summed E-state index contributed by atoms with van der Waals surface area (Å²) in [5.74, 6) is -1.55. The smallest absolute Gasteiger partial charge is 0.319 e. The van der Waals surface area contributed by atoms with E-state index in [2.05, 4.69) is 5.32 Å². The first-order valence-electron chi connectivity index (χ1n) is 7.09. The van der Waals surface area contributed by atoms with Gasteiger partial charge >= 0.3 is 5.97 Å². The number of carbonyl (C=O) groups excluding carboxylic acids is 2. The summed E-state index contributed by atoms with van der Waals surface area (Å²) >= 11 is 7.15. The van der Waals surface area contributed by atoms with Gasteiger partial charge in [-0.05, 0) is 37.3 Å². The average molecular weight is 368 g/mol. The number of carbonyl (C=O) groups is 2. The van der Waals surface area contributed by atoms with Gasteiger partial charge < -0.3 is 10.1 Å². The molecule has 0 aliphatic carbocycles. The summed E-state index contributed by atoms with van der Waals surface area (Å²) in [7, 11) is 0. The topological polar surface area (TPSA) is 55.4 Å². The quantitative estimate of drug-likeness (QED) is 0.615. The Balaban J connectivity index is 1.81. The lowest BCUT2D eigenvalue weighted by atomic mass is 10.3. The second-order valence-electron chi connectivity index (χ2n) is 4.85. The zero-order valence-electron chi connectivity index (χ0n) is 12.8. The Hall–Kier alpha value is -2.05. The van der Waals surface area contributed by atoms with Gasteiger partial charge in [0.2, 0.25) is 0 Å². The van der Waals surface area contributed by atoms with Crippen LogP contribution in [0.15, 0.2) is 53.4 Å². The molecular formula is C17H15ClFNO3S. The monoisotopic (exact) mass is 367 g/mol. The molecule has 1 amide bonds. The molecule has 0 spiro atoms. The first-order chi connectivity index (χ1) is 11.5. The summed E-state index contributed by atoms with van der Waals surface area (Å²) < 4.78 is 17.9. The summed E-state index contributed by atoms with van der Waals surface area (Å²) in [6, 6.07) is 13.0. The lowest BCUT2D eigenvalue weighted by Crippen LogP contribution is -2.24. The van der Waals surface area contributed by atoms with Crippen LogP contribution in [0.5, 0.6) is 0 Å². The minimum atomic E-state index is -0.547. The first-order valence-corrected chi connectivity index (χ1v) is 8.34. The van der Waals surface area contributed by atoms with E-state index in [0.29, 0.717) is 0 Å². The maximum Gasteiger partial charge on any atom is 0.319 e. The molecule has 126 valence electrons. The number of benzene rings is 2. The van der Waals surface area contributed by atoms with Crippen molar-refractivity contribution in [3.8, 4) is 0 Å². The highest BCUT2D eigenvalue weighted by atomic mass is 35.5. The van der Waals surface area contributed by atoms with Gasteiger partial charge in [-0.1, -0.05) is 29.8 Å². The van der Waals surface area contributed by atoms with Gasteiger partial charge in [0.1, 0.15) is 11.1 Å². The van der Waals surface area contributed by atoms with Gasteiger partial charge in [0.05, 0.1) is 10.7 Å². The standard InChI is InChI=1S/C17H15ClFNO3S/c1-11(24-13-5-3-2-4-6-13)17(22)23-10-16(21)20-15-8-7-12(19)9-14(15)18/h2-9,11H,10H2,1H3,(H,20,21)/t11-/m0/s1. The number of halogens is 2. The number of amides is 1. The number of thioether (sulfide) groups is 1. The van der Waals surface area contributed by atoms with E-state index in [0.717, 1.165) is 11.0 Å². The third-order valence-corrected chi connectivity index (χ3v) is 4.34. The number of hydrogen-bond acceptors (Lipinski definition) is 4. The molecule has 0 saturated carbocycles. The van der Waals surface area contributed by atoms with Crippen molar-refractivity contribution in [2.75, 3.05) is 11.9 Å². The molecular weight excluding hydrogens is 353 g/mol. The van der Waals surface area contributed by atoms with E-state index < -0.39 is 29.6 Å². The zero-order chi connectivity index (χ0) is 17.5. The van der Waals surface area contributed by atoms with Crippen LogP contribution in [-0.4, -0.2) is 23.7 Å². The van der Waals surface area contributed by atoms with E-state index in [1.54, 1.807) is 6.92 Å². The molecule has 4 nitrogen and oxygen atoms in total. The predicted molar refractivity (Wildman–Crippen MR) is 92.8 cm³/mol. The van der Waals surface area contributed by atoms with Crippen LogP contribution in [0.4, 0.5) is 10.1 Å². The lowest BCUT2D eigenvalue weighted by molar-refractivity contribution is -0.146. The maximum absolute atomic E-state index is 12.9. The van der Waals surface area contributed by atoms with Gasteiger partial charge in [-0.2, -0.15) is 0 Å². The minimum absolute atomic E-state index is 0.0719. The Morgan fingerprint density at radius 3 is 2.62 bits per heavy atom. The SMILES string of the molecule is C[C@H](Sc1ccccc1)C(=O)OCC(=O)Nc1ccc(F)cc1Cl. The number of anilines is 1. The number of nitrogens with one attached hydrogen (secondary N) is 1. The molecule has 0 heterocycles. The van der Waals surface area contributed by atoms with Crippen LogP contribution in [0, 0.1) is 5.82 Å². The predicted octanol–water partition coefficient (Wildman–Crippen LogP) is 4.14. The van der Waals surface area contributed by atoms with Crippen LogP contribution >= 0.6 is 23.4 Å². The van der Waals surface area contributed by atoms with Gasteiger partial charge in [-0.15, -0.1) is 11.8 Å². The van der Waals surface area contributed by atoms with Crippen molar-refractivity contribution in [2.45, 2.75) is 17.1 Å². The normalized spacial score (nSPS) is 11.6. The van der Waals surface area contributed by atoms with Crippen molar-refractivity contribution >= 4 is 40.9 Å². The zero-order valence-corrected chi connectivity index (χ0v) is 14.4. The second kappa shape index (κ2) is 8.70. The summed E-state index contributed by atoms with van der Waals surface area (Å²) in [5, 5.41) is 2.08. The van der Waals surface area contributed by atoms with E-state index in [9.17, 15) is 14.0 Å². The Morgan fingerprint density at radius 2 is 1.96 bits per heavy atom. The Bertz CT molecular complexity index is 727. The van der Waals surface area contributed by atoms with Gasteiger partial charge in [0.15, 0.2) is 6.61 Å². The molecule has 0 fully saturated rings. The molecule has 0 saturated heterocycles. The molecule has 0 aliphatic rings. The number of hydrogen-bond donors (Lipinski definition) is 1. The molecule has 0 unspecified atom stereocenters. The molecule has 2 aromatic rings. The van der Waals surface area contributed by atoms with Gasteiger partial charge in [0.25, 0.3) is 5.91 Å². The fourth-order valence-corrected chi connectivity index (χ4v) is 2.88. The highest BCUT2D eigenvalue weighted by Crippen LogP contribution is 2.24. The summed E-state index contributed by atoms with van der Waals surface area (Å²) in [5.41, 5.74) is 0.255. The summed E-state index contributed by atoms with van der Waals surface area (Å²) in [4.78, 5) is 24.6. The van der Waals surface area contributed by atoms with Crippen LogP contribution in [0.3, 0.4) is 0 Å². The third kappa shape index (κ3) is 5.54. The van der Waals surface area contributed by atoms with E-state index in [-0.39, 0.29) is 10.7 Å². The largest absolute Gasteiger partial charge is 0.455 e. The van der Waals surface area contributed by atoms with Crippen molar-refractivity contribution < 1.29 is 18.7 Å². The van der Waals surface area contributed by atoms with Crippen LogP contribution in [0.2, 0.25) is 5.02 Å². The lowest BCUT2D eigenvalue weighted by Gasteiger charge is -2.12. The van der Waals surface area contributed by atoms with Crippen molar-refractivity contribution in [2.24, 2.45) is 0 Å². The molecule has 0 radical (unpaired) electrons. The summed E-state index contributed by atoms with van der Waals surface area (Å²) in [6.45, 7) is 1.26. The first kappa shape index (κ1) is 18.3. The fourth-order valence-electron chi connectivity index (χ4n) is 1.78. The number of ether oxygens (including phenoxy) is 1. The molecule has 1 atom stereocenters. The van der Waals surface area contributed by atoms with Gasteiger partial charge in [-0.3, -0.25) is 9.59 Å². The molecule has 0 aromatic heterocycles. The second-order valence-corrected chi connectivity index (χ2v) is 6.67. The number of rotatable bonds is 6. The molecule has 7 heteroatoms. The van der Waals surface area contributed by atoms with E-state index in [1.165, 1.54) is 23.9 Å². The van der Waals surface area contributed by atoms with E-state index >= 15 is 0 Å². The fraction of sp³-hybridized carbons (Fsp3) is 0.176. The Labute approximate surface area is 148 Å². The maximum atomic E-state index is 12.9. The van der Waals surface area contributed by atoms with Crippen molar-refractivity contribution in [1.29, 1.82) is 0 Å². The summed E-state index contributed by atoms with van der Waals surface area (Å²) in [6.07, 6.45) is 0. The van der Waals surface area contributed by atoms with Crippen LogP contribution in [0.1, 0.15) is 6.92 Å². The molecule has 0 aliphatic heterocycles. The molecule has 2 rings (SSSR count). The Morgan fingerprint density at radius 1 is 1.25 bits per heavy atom. The van der Waals surface area contributed by atoms with Crippen molar-refractivity contribution in [3.05, 3.63) is 59.4 Å².